The minimum Gasteiger partial charge on any atom is -0.495 e. The zero-order chi connectivity index (χ0) is 20.4. The maximum atomic E-state index is 14.4. The maximum absolute atomic E-state index is 14.4. The molecule has 0 bridgehead atoms. The molecule has 2 saturated heterocycles. The predicted molar refractivity (Wildman–Crippen MR) is 121 cm³/mol. The van der Waals surface area contributed by atoms with Crippen LogP contribution in [0.5, 0.6) is 5.75 Å². The van der Waals surface area contributed by atoms with E-state index < -0.39 is 0 Å². The van der Waals surface area contributed by atoms with Gasteiger partial charge in [-0.25, -0.2) is 4.39 Å². The van der Waals surface area contributed by atoms with Gasteiger partial charge in [-0.1, -0.05) is 15.9 Å². The number of benzene rings is 2. The summed E-state index contributed by atoms with van der Waals surface area (Å²) >= 11 is 3.50. The molecule has 4 rings (SSSR count). The second kappa shape index (κ2) is 8.79. The van der Waals surface area contributed by atoms with E-state index in [1.165, 1.54) is 11.8 Å². The molecular formula is C22H28BrFN4O. The number of nitrogens with zero attached hydrogens (tertiary/aromatic N) is 3. The number of piperidine rings is 1. The summed E-state index contributed by atoms with van der Waals surface area (Å²) in [4.78, 5) is 7.17. The van der Waals surface area contributed by atoms with Crippen LogP contribution in [0, 0.1) is 5.82 Å². The third kappa shape index (κ3) is 4.46. The Morgan fingerprint density at radius 1 is 0.966 bits per heavy atom. The van der Waals surface area contributed by atoms with Gasteiger partial charge in [0.05, 0.1) is 18.5 Å². The van der Waals surface area contributed by atoms with Crippen LogP contribution in [0.1, 0.15) is 12.8 Å². The van der Waals surface area contributed by atoms with Crippen molar-refractivity contribution >= 4 is 33.0 Å². The Labute approximate surface area is 180 Å². The Balaban J connectivity index is 1.32. The zero-order valence-electron chi connectivity index (χ0n) is 16.8. The normalized spacial score (nSPS) is 18.9. The van der Waals surface area contributed by atoms with Gasteiger partial charge in [-0.15, -0.1) is 0 Å². The Hall–Kier alpha value is -1.99. The van der Waals surface area contributed by atoms with Crippen molar-refractivity contribution in [3.63, 3.8) is 0 Å². The summed E-state index contributed by atoms with van der Waals surface area (Å²) in [6.07, 6.45) is 2.09. The molecule has 2 aliphatic rings. The van der Waals surface area contributed by atoms with Crippen LogP contribution in [0.15, 0.2) is 40.9 Å². The topological polar surface area (TPSA) is 45.0 Å². The van der Waals surface area contributed by atoms with E-state index in [0.29, 0.717) is 23.2 Å². The lowest BCUT2D eigenvalue weighted by Gasteiger charge is -2.44. The van der Waals surface area contributed by atoms with Gasteiger partial charge in [0.25, 0.3) is 0 Å². The van der Waals surface area contributed by atoms with Crippen LogP contribution in [-0.4, -0.2) is 57.3 Å². The lowest BCUT2D eigenvalue weighted by Crippen LogP contribution is -2.53. The van der Waals surface area contributed by atoms with Crippen molar-refractivity contribution in [2.75, 3.05) is 61.9 Å². The summed E-state index contributed by atoms with van der Waals surface area (Å²) < 4.78 is 20.8. The number of hydrogen-bond acceptors (Lipinski definition) is 5. The molecule has 2 aromatic rings. The minimum absolute atomic E-state index is 0.273. The first-order valence-electron chi connectivity index (χ1n) is 10.2. The van der Waals surface area contributed by atoms with Crippen LogP contribution in [0.2, 0.25) is 0 Å². The number of nitrogens with two attached hydrogens (primary N) is 1. The fourth-order valence-corrected chi connectivity index (χ4v) is 4.71. The summed E-state index contributed by atoms with van der Waals surface area (Å²) in [7, 11) is 1.56. The molecule has 0 amide bonds. The molecule has 0 saturated carbocycles. The molecule has 0 radical (unpaired) electrons. The number of halogens is 2. The summed E-state index contributed by atoms with van der Waals surface area (Å²) in [6, 6.07) is 12.2. The number of rotatable bonds is 4. The van der Waals surface area contributed by atoms with Crippen molar-refractivity contribution in [3.05, 3.63) is 46.7 Å². The maximum Gasteiger partial charge on any atom is 0.148 e. The zero-order valence-corrected chi connectivity index (χ0v) is 18.4. The molecule has 7 heteroatoms. The van der Waals surface area contributed by atoms with Crippen LogP contribution in [0.25, 0.3) is 0 Å². The summed E-state index contributed by atoms with van der Waals surface area (Å²) in [5, 5.41) is 0. The van der Waals surface area contributed by atoms with Gasteiger partial charge in [-0.05, 0) is 37.1 Å². The number of piperazine rings is 1. The standard InChI is InChI=1S/C22H28BrFN4O/c1-29-22-15-21(19(24)14-20(22)25)28-8-6-18(7-9-28)27-12-10-26(11-13-27)17-4-2-16(23)3-5-17/h2-5,14-15,18H,6-13,25H2,1H3. The Morgan fingerprint density at radius 3 is 2.24 bits per heavy atom. The van der Waals surface area contributed by atoms with Gasteiger partial charge in [0, 0.05) is 67.6 Å². The van der Waals surface area contributed by atoms with Crippen LogP contribution < -0.4 is 20.3 Å². The average molecular weight is 463 g/mol. The quantitative estimate of drug-likeness (QED) is 0.696. The van der Waals surface area contributed by atoms with Gasteiger partial charge in [0.15, 0.2) is 0 Å². The van der Waals surface area contributed by atoms with Crippen LogP contribution in [-0.2, 0) is 0 Å². The van der Waals surface area contributed by atoms with Gasteiger partial charge in [-0.2, -0.15) is 0 Å². The van der Waals surface area contributed by atoms with E-state index in [2.05, 4.69) is 54.9 Å². The molecular weight excluding hydrogens is 435 g/mol. The van der Waals surface area contributed by atoms with Crippen molar-refractivity contribution in [1.82, 2.24) is 4.90 Å². The number of nitrogen functional groups attached to an aromatic ring is 1. The van der Waals surface area contributed by atoms with Gasteiger partial charge >= 0.3 is 0 Å². The summed E-state index contributed by atoms with van der Waals surface area (Å²) in [5.41, 5.74) is 8.03. The second-order valence-corrected chi connectivity index (χ2v) is 8.68. The molecule has 2 aliphatic heterocycles. The Kier molecular flexibility index (Phi) is 6.15. The van der Waals surface area contributed by atoms with E-state index in [1.807, 2.05) is 0 Å². The largest absolute Gasteiger partial charge is 0.495 e. The fourth-order valence-electron chi connectivity index (χ4n) is 4.45. The smallest absolute Gasteiger partial charge is 0.148 e. The van der Waals surface area contributed by atoms with E-state index in [4.69, 9.17) is 10.5 Å². The third-order valence-corrected chi connectivity index (χ3v) is 6.66. The van der Waals surface area contributed by atoms with Crippen molar-refractivity contribution in [2.24, 2.45) is 0 Å². The lowest BCUT2D eigenvalue weighted by molar-refractivity contribution is 0.160. The highest BCUT2D eigenvalue weighted by atomic mass is 79.9. The first-order valence-corrected chi connectivity index (χ1v) is 11.0. The number of ether oxygens (including phenoxy) is 1. The van der Waals surface area contributed by atoms with E-state index in [9.17, 15) is 4.39 Å². The van der Waals surface area contributed by atoms with Crippen molar-refractivity contribution < 1.29 is 9.13 Å². The van der Waals surface area contributed by atoms with E-state index in [0.717, 1.165) is 56.6 Å². The SMILES string of the molecule is COc1cc(N2CCC(N3CCN(c4ccc(Br)cc4)CC3)CC2)c(F)cc1N. The van der Waals surface area contributed by atoms with E-state index >= 15 is 0 Å². The Morgan fingerprint density at radius 2 is 1.62 bits per heavy atom. The molecule has 2 aromatic carbocycles. The van der Waals surface area contributed by atoms with Crippen LogP contribution in [0.4, 0.5) is 21.5 Å². The molecule has 156 valence electrons. The highest BCUT2D eigenvalue weighted by molar-refractivity contribution is 9.10. The van der Waals surface area contributed by atoms with E-state index in [1.54, 1.807) is 13.2 Å². The monoisotopic (exact) mass is 462 g/mol. The molecule has 0 atom stereocenters. The highest BCUT2D eigenvalue weighted by Gasteiger charge is 2.28. The minimum atomic E-state index is -0.273. The Bertz CT molecular complexity index is 831. The molecule has 29 heavy (non-hydrogen) atoms. The van der Waals surface area contributed by atoms with Gasteiger partial charge < -0.3 is 20.3 Å². The van der Waals surface area contributed by atoms with E-state index in [-0.39, 0.29) is 5.82 Å². The van der Waals surface area contributed by atoms with Crippen LogP contribution >= 0.6 is 15.9 Å². The highest BCUT2D eigenvalue weighted by Crippen LogP contribution is 2.33. The lowest BCUT2D eigenvalue weighted by atomic mass is 10.0. The molecule has 0 spiro atoms. The van der Waals surface area contributed by atoms with Crippen molar-refractivity contribution in [2.45, 2.75) is 18.9 Å². The van der Waals surface area contributed by atoms with Gasteiger partial charge in [0.2, 0.25) is 0 Å². The van der Waals surface area contributed by atoms with Gasteiger partial charge in [0.1, 0.15) is 11.6 Å². The fraction of sp³-hybridized carbons (Fsp3) is 0.455. The summed E-state index contributed by atoms with van der Waals surface area (Å²) in [5.74, 6) is 0.262. The number of methoxy groups -OCH3 is 1. The third-order valence-electron chi connectivity index (χ3n) is 6.13. The number of hydrogen-bond donors (Lipinski definition) is 1. The first kappa shape index (κ1) is 20.3. The molecule has 2 N–H and O–H groups in total. The average Bonchev–Trinajstić information content (AvgIpc) is 2.75. The molecule has 2 heterocycles. The molecule has 0 aliphatic carbocycles. The van der Waals surface area contributed by atoms with Crippen molar-refractivity contribution in [3.8, 4) is 5.75 Å². The van der Waals surface area contributed by atoms with Gasteiger partial charge in [-0.3, -0.25) is 4.90 Å². The summed E-state index contributed by atoms with van der Waals surface area (Å²) in [6.45, 7) is 5.94. The molecule has 0 aromatic heterocycles. The second-order valence-electron chi connectivity index (χ2n) is 7.76. The molecule has 0 unspecified atom stereocenters. The van der Waals surface area contributed by atoms with Crippen LogP contribution in [0.3, 0.4) is 0 Å². The molecule has 5 nitrogen and oxygen atoms in total. The number of anilines is 3. The molecule has 2 fully saturated rings. The van der Waals surface area contributed by atoms with Crippen molar-refractivity contribution in [1.29, 1.82) is 0 Å². The predicted octanol–water partition coefficient (Wildman–Crippen LogP) is 3.97. The first-order chi connectivity index (χ1) is 14.0.